The summed E-state index contributed by atoms with van der Waals surface area (Å²) in [6.45, 7) is 8.90. The molecule has 1 amide bonds. The van der Waals surface area contributed by atoms with Crippen molar-refractivity contribution in [1.82, 2.24) is 30.4 Å². The van der Waals surface area contributed by atoms with Crippen molar-refractivity contribution in [2.75, 3.05) is 13.1 Å². The van der Waals surface area contributed by atoms with Crippen LogP contribution < -0.4 is 5.32 Å². The van der Waals surface area contributed by atoms with Crippen LogP contribution in [0.4, 0.5) is 0 Å². The lowest BCUT2D eigenvalue weighted by molar-refractivity contribution is -0.120. The Morgan fingerprint density at radius 1 is 1.46 bits per heavy atom. The number of benzene rings is 1. The second kappa shape index (κ2) is 8.95. The third-order valence-electron chi connectivity index (χ3n) is 4.32. The molecule has 2 heterocycles. The second-order valence-electron chi connectivity index (χ2n) is 6.41. The molecule has 1 N–H and O–H groups in total. The number of likely N-dealkylation sites (tertiary alicyclic amines) is 1. The summed E-state index contributed by atoms with van der Waals surface area (Å²) in [6.07, 6.45) is 2.70. The third-order valence-corrected chi connectivity index (χ3v) is 5.39. The summed E-state index contributed by atoms with van der Waals surface area (Å²) in [7, 11) is 0. The minimum absolute atomic E-state index is 0.0229. The van der Waals surface area contributed by atoms with Gasteiger partial charge < -0.3 is 5.32 Å². The Kier molecular flexibility index (Phi) is 6.40. The number of carbonyl (C=O) groups excluding carboxylic acids is 1. The van der Waals surface area contributed by atoms with Gasteiger partial charge in [0.2, 0.25) is 11.1 Å². The molecule has 1 saturated heterocycles. The standard InChI is InChI=1S/C18H24N6OS/c1-3-10-24-18(20-21-22-24)26-14(2)17(25)19-16-9-11-23(13-16)12-15-7-5-4-6-8-15/h3-8,14,16H,1,9-13H2,2H3,(H,19,25)/t14-,16+/m0/s1. The second-order valence-corrected chi connectivity index (χ2v) is 7.72. The number of carbonyl (C=O) groups is 1. The Morgan fingerprint density at radius 2 is 2.27 bits per heavy atom. The first-order valence-corrected chi connectivity index (χ1v) is 9.64. The molecule has 8 heteroatoms. The Morgan fingerprint density at radius 3 is 3.04 bits per heavy atom. The number of thioether (sulfide) groups is 1. The first kappa shape index (κ1) is 18.6. The van der Waals surface area contributed by atoms with Crippen LogP contribution in [0.3, 0.4) is 0 Å². The SMILES string of the molecule is C=CCn1nnnc1S[C@@H](C)C(=O)N[C@@H]1CCN(Cc2ccccc2)C1. The van der Waals surface area contributed by atoms with Crippen molar-refractivity contribution in [3.05, 3.63) is 48.6 Å². The van der Waals surface area contributed by atoms with Crippen molar-refractivity contribution in [3.63, 3.8) is 0 Å². The molecule has 1 aliphatic heterocycles. The summed E-state index contributed by atoms with van der Waals surface area (Å²) in [5.74, 6) is 0.0229. The van der Waals surface area contributed by atoms with Gasteiger partial charge in [0.25, 0.3) is 0 Å². The number of aromatic nitrogens is 4. The molecule has 1 fully saturated rings. The summed E-state index contributed by atoms with van der Waals surface area (Å²) in [4.78, 5) is 14.9. The third kappa shape index (κ3) is 4.92. The predicted octanol–water partition coefficient (Wildman–Crippen LogP) is 1.73. The molecule has 138 valence electrons. The van der Waals surface area contributed by atoms with Gasteiger partial charge in [-0.25, -0.2) is 4.68 Å². The van der Waals surface area contributed by atoms with Crippen molar-refractivity contribution in [3.8, 4) is 0 Å². The molecule has 1 aromatic carbocycles. The summed E-state index contributed by atoms with van der Waals surface area (Å²) in [5, 5.41) is 15.1. The molecule has 0 bridgehead atoms. The monoisotopic (exact) mass is 372 g/mol. The zero-order valence-corrected chi connectivity index (χ0v) is 15.7. The number of amides is 1. The fraction of sp³-hybridized carbons (Fsp3) is 0.444. The lowest BCUT2D eigenvalue weighted by Gasteiger charge is -2.18. The summed E-state index contributed by atoms with van der Waals surface area (Å²) in [5.41, 5.74) is 1.30. The smallest absolute Gasteiger partial charge is 0.233 e. The highest BCUT2D eigenvalue weighted by molar-refractivity contribution is 8.00. The van der Waals surface area contributed by atoms with E-state index in [9.17, 15) is 4.79 Å². The average molecular weight is 372 g/mol. The molecule has 1 aromatic heterocycles. The fourth-order valence-electron chi connectivity index (χ4n) is 2.98. The number of nitrogens with one attached hydrogen (secondary N) is 1. The van der Waals surface area contributed by atoms with E-state index in [0.717, 1.165) is 26.1 Å². The van der Waals surface area contributed by atoms with Crippen molar-refractivity contribution in [2.45, 2.75) is 42.9 Å². The lowest BCUT2D eigenvalue weighted by Crippen LogP contribution is -2.40. The van der Waals surface area contributed by atoms with E-state index in [-0.39, 0.29) is 17.2 Å². The molecule has 7 nitrogen and oxygen atoms in total. The normalized spacial score (nSPS) is 18.6. The molecular weight excluding hydrogens is 348 g/mol. The van der Waals surface area contributed by atoms with Crippen LogP contribution in [0, 0.1) is 0 Å². The number of tetrazole rings is 1. The number of hydrogen-bond donors (Lipinski definition) is 1. The van der Waals surface area contributed by atoms with Crippen LogP contribution in [-0.4, -0.2) is 55.4 Å². The lowest BCUT2D eigenvalue weighted by atomic mass is 10.2. The minimum atomic E-state index is -0.257. The predicted molar refractivity (Wildman–Crippen MR) is 102 cm³/mol. The number of rotatable bonds is 8. The Bertz CT molecular complexity index is 734. The molecule has 3 rings (SSSR count). The molecule has 0 spiro atoms. The fourth-order valence-corrected chi connectivity index (χ4v) is 3.79. The van der Waals surface area contributed by atoms with Crippen LogP contribution in [0.1, 0.15) is 18.9 Å². The van der Waals surface area contributed by atoms with Gasteiger partial charge >= 0.3 is 0 Å². The van der Waals surface area contributed by atoms with Crippen molar-refractivity contribution in [2.24, 2.45) is 0 Å². The van der Waals surface area contributed by atoms with Gasteiger partial charge in [-0.15, -0.1) is 11.7 Å². The van der Waals surface area contributed by atoms with Crippen LogP contribution in [-0.2, 0) is 17.9 Å². The molecule has 1 aliphatic rings. The van der Waals surface area contributed by atoms with E-state index in [1.54, 1.807) is 10.8 Å². The zero-order chi connectivity index (χ0) is 18.4. The van der Waals surface area contributed by atoms with E-state index in [4.69, 9.17) is 0 Å². The van der Waals surface area contributed by atoms with Gasteiger partial charge in [-0.3, -0.25) is 9.69 Å². The van der Waals surface area contributed by atoms with E-state index in [0.29, 0.717) is 11.7 Å². The quantitative estimate of drug-likeness (QED) is 0.562. The van der Waals surface area contributed by atoms with Crippen LogP contribution in [0.2, 0.25) is 0 Å². The summed E-state index contributed by atoms with van der Waals surface area (Å²) >= 11 is 1.37. The van der Waals surface area contributed by atoms with Crippen molar-refractivity contribution < 1.29 is 4.79 Å². The maximum atomic E-state index is 12.5. The highest BCUT2D eigenvalue weighted by Crippen LogP contribution is 2.21. The number of nitrogens with zero attached hydrogens (tertiary/aromatic N) is 5. The van der Waals surface area contributed by atoms with Gasteiger partial charge in [-0.05, 0) is 29.3 Å². The van der Waals surface area contributed by atoms with Gasteiger partial charge in [-0.2, -0.15) is 0 Å². The van der Waals surface area contributed by atoms with Crippen LogP contribution >= 0.6 is 11.8 Å². The highest BCUT2D eigenvalue weighted by Gasteiger charge is 2.26. The molecule has 0 unspecified atom stereocenters. The van der Waals surface area contributed by atoms with Crippen LogP contribution in [0.5, 0.6) is 0 Å². The van der Waals surface area contributed by atoms with Gasteiger partial charge in [-0.1, -0.05) is 48.2 Å². The molecule has 0 aliphatic carbocycles. The Hall–Kier alpha value is -2.19. The van der Waals surface area contributed by atoms with Gasteiger partial charge in [0, 0.05) is 25.7 Å². The molecular formula is C18H24N6OS. The average Bonchev–Trinajstić information content (AvgIpc) is 3.26. The van der Waals surface area contributed by atoms with Gasteiger partial charge in [0.05, 0.1) is 11.8 Å². The van der Waals surface area contributed by atoms with Crippen LogP contribution in [0.25, 0.3) is 0 Å². The van der Waals surface area contributed by atoms with Gasteiger partial charge in [0.15, 0.2) is 0 Å². The van der Waals surface area contributed by atoms with E-state index < -0.39 is 0 Å². The topological polar surface area (TPSA) is 75.9 Å². The van der Waals surface area contributed by atoms with E-state index >= 15 is 0 Å². The highest BCUT2D eigenvalue weighted by atomic mass is 32.2. The molecule has 2 aromatic rings. The maximum Gasteiger partial charge on any atom is 0.233 e. The number of hydrogen-bond acceptors (Lipinski definition) is 6. The molecule has 0 saturated carbocycles. The van der Waals surface area contributed by atoms with E-state index in [2.05, 4.69) is 56.6 Å². The Balaban J connectivity index is 1.47. The van der Waals surface area contributed by atoms with Crippen molar-refractivity contribution >= 4 is 17.7 Å². The molecule has 0 radical (unpaired) electrons. The molecule has 2 atom stereocenters. The molecule has 26 heavy (non-hydrogen) atoms. The van der Waals surface area contributed by atoms with E-state index in [1.807, 2.05) is 13.0 Å². The summed E-state index contributed by atoms with van der Waals surface area (Å²) in [6, 6.07) is 10.6. The minimum Gasteiger partial charge on any atom is -0.351 e. The number of allylic oxidation sites excluding steroid dienone is 1. The Labute approximate surface area is 157 Å². The summed E-state index contributed by atoms with van der Waals surface area (Å²) < 4.78 is 1.64. The zero-order valence-electron chi connectivity index (χ0n) is 14.9. The van der Waals surface area contributed by atoms with Gasteiger partial charge in [0.1, 0.15) is 0 Å². The van der Waals surface area contributed by atoms with Crippen LogP contribution in [0.15, 0.2) is 48.1 Å². The first-order chi connectivity index (χ1) is 12.7. The maximum absolute atomic E-state index is 12.5. The largest absolute Gasteiger partial charge is 0.351 e. The van der Waals surface area contributed by atoms with Crippen molar-refractivity contribution in [1.29, 1.82) is 0 Å². The van der Waals surface area contributed by atoms with E-state index in [1.165, 1.54) is 17.3 Å². The first-order valence-electron chi connectivity index (χ1n) is 8.76.